The molecule has 2 aromatic heterocycles. The minimum absolute atomic E-state index is 0.0294. The maximum Gasteiger partial charge on any atom is 0.390 e. The Morgan fingerprint density at radius 3 is 2.77 bits per heavy atom. The zero-order valence-electron chi connectivity index (χ0n) is 19.3. The van der Waals surface area contributed by atoms with E-state index in [1.54, 1.807) is 35.2 Å². The number of ether oxygens (including phenoxy) is 1. The topological polar surface area (TPSA) is 97.6 Å². The Bertz CT molecular complexity index is 1100. The van der Waals surface area contributed by atoms with Gasteiger partial charge in [0.15, 0.2) is 5.69 Å². The van der Waals surface area contributed by atoms with Gasteiger partial charge < -0.3 is 14.5 Å². The predicted molar refractivity (Wildman–Crippen MR) is 116 cm³/mol. The number of carbonyl (C=O) groups excluding carboxylic acids is 3. The normalized spacial score (nSPS) is 18.1. The van der Waals surface area contributed by atoms with Crippen LogP contribution in [0.5, 0.6) is 0 Å². The molecule has 9 nitrogen and oxygen atoms in total. The van der Waals surface area contributed by atoms with Gasteiger partial charge in [0.1, 0.15) is 0 Å². The van der Waals surface area contributed by atoms with Gasteiger partial charge in [0.2, 0.25) is 11.8 Å². The maximum atomic E-state index is 13.3. The SMILES string of the molecule is CCOC(=O)c1nn(CCC(F)(F)F)c2c1CN(C(=O)[C@H]1CC(=O)N(Cc3cccnc3)C1)CC2. The molecule has 12 heteroatoms. The van der Waals surface area contributed by atoms with Gasteiger partial charge in [-0.2, -0.15) is 18.3 Å². The highest BCUT2D eigenvalue weighted by Gasteiger charge is 2.39. The molecule has 1 saturated heterocycles. The molecule has 0 saturated carbocycles. The summed E-state index contributed by atoms with van der Waals surface area (Å²) in [5.41, 5.74) is 1.70. The average molecular weight is 493 g/mol. The lowest BCUT2D eigenvalue weighted by Crippen LogP contribution is -2.41. The van der Waals surface area contributed by atoms with E-state index < -0.39 is 31.0 Å². The number of aryl methyl sites for hydroxylation is 1. The van der Waals surface area contributed by atoms with E-state index in [-0.39, 0.29) is 56.6 Å². The van der Waals surface area contributed by atoms with Crippen LogP contribution in [0.3, 0.4) is 0 Å². The van der Waals surface area contributed by atoms with Gasteiger partial charge >= 0.3 is 12.1 Å². The number of halogens is 3. The van der Waals surface area contributed by atoms with Crippen molar-refractivity contribution in [1.29, 1.82) is 0 Å². The van der Waals surface area contributed by atoms with E-state index in [0.29, 0.717) is 17.8 Å². The third kappa shape index (κ3) is 5.63. The molecule has 2 aliphatic heterocycles. The van der Waals surface area contributed by atoms with Gasteiger partial charge in [0, 0.05) is 69.2 Å². The molecule has 0 N–H and O–H groups in total. The summed E-state index contributed by atoms with van der Waals surface area (Å²) in [4.78, 5) is 45.4. The summed E-state index contributed by atoms with van der Waals surface area (Å²) in [5.74, 6) is -1.62. The number of likely N-dealkylation sites (tertiary alicyclic amines) is 1. The maximum absolute atomic E-state index is 13.3. The van der Waals surface area contributed by atoms with Crippen LogP contribution in [0.4, 0.5) is 13.2 Å². The van der Waals surface area contributed by atoms with E-state index in [0.717, 1.165) is 5.56 Å². The Morgan fingerprint density at radius 2 is 2.09 bits per heavy atom. The first-order valence-corrected chi connectivity index (χ1v) is 11.4. The summed E-state index contributed by atoms with van der Waals surface area (Å²) in [6.07, 6.45) is -1.80. The van der Waals surface area contributed by atoms with Gasteiger partial charge in [-0.3, -0.25) is 19.3 Å². The number of rotatable bonds is 7. The number of fused-ring (bicyclic) bond motifs is 1. The molecule has 35 heavy (non-hydrogen) atoms. The minimum Gasteiger partial charge on any atom is -0.461 e. The van der Waals surface area contributed by atoms with Crippen LogP contribution < -0.4 is 0 Å². The number of alkyl halides is 3. The van der Waals surface area contributed by atoms with E-state index >= 15 is 0 Å². The molecule has 2 aromatic rings. The molecule has 0 radical (unpaired) electrons. The number of esters is 1. The smallest absolute Gasteiger partial charge is 0.390 e. The molecule has 4 heterocycles. The fraction of sp³-hybridized carbons (Fsp3) is 0.522. The molecule has 0 bridgehead atoms. The largest absolute Gasteiger partial charge is 0.461 e. The molecule has 1 fully saturated rings. The van der Waals surface area contributed by atoms with Crippen LogP contribution in [0.25, 0.3) is 0 Å². The van der Waals surface area contributed by atoms with Crippen LogP contribution in [0.2, 0.25) is 0 Å². The van der Waals surface area contributed by atoms with Crippen molar-refractivity contribution in [3.8, 4) is 0 Å². The molecule has 1 atom stereocenters. The van der Waals surface area contributed by atoms with Gasteiger partial charge in [0.05, 0.1) is 18.9 Å². The monoisotopic (exact) mass is 493 g/mol. The number of nitrogens with zero attached hydrogens (tertiary/aromatic N) is 5. The van der Waals surface area contributed by atoms with Gasteiger partial charge in [-0.05, 0) is 18.6 Å². The lowest BCUT2D eigenvalue weighted by Gasteiger charge is -2.30. The molecule has 2 amide bonds. The van der Waals surface area contributed by atoms with Crippen molar-refractivity contribution in [1.82, 2.24) is 24.6 Å². The number of amides is 2. The molecule has 4 rings (SSSR count). The first kappa shape index (κ1) is 24.7. The number of hydrogen-bond acceptors (Lipinski definition) is 6. The van der Waals surface area contributed by atoms with E-state index in [2.05, 4.69) is 10.1 Å². The van der Waals surface area contributed by atoms with E-state index in [1.165, 1.54) is 4.68 Å². The van der Waals surface area contributed by atoms with Crippen molar-refractivity contribution < 1.29 is 32.3 Å². The average Bonchev–Trinajstić information content (AvgIpc) is 3.37. The molecule has 0 unspecified atom stereocenters. The molecular weight excluding hydrogens is 467 g/mol. The number of hydrogen-bond donors (Lipinski definition) is 0. The van der Waals surface area contributed by atoms with Crippen LogP contribution in [0.15, 0.2) is 24.5 Å². The van der Waals surface area contributed by atoms with Crippen molar-refractivity contribution in [2.75, 3.05) is 19.7 Å². The highest BCUT2D eigenvalue weighted by atomic mass is 19.4. The third-order valence-corrected chi connectivity index (χ3v) is 6.18. The second-order valence-electron chi connectivity index (χ2n) is 8.63. The first-order valence-electron chi connectivity index (χ1n) is 11.4. The molecule has 0 aliphatic carbocycles. The lowest BCUT2D eigenvalue weighted by atomic mass is 10.0. The van der Waals surface area contributed by atoms with Crippen LogP contribution in [-0.4, -0.2) is 68.2 Å². The summed E-state index contributed by atoms with van der Waals surface area (Å²) in [6.45, 7) is 2.21. The van der Waals surface area contributed by atoms with Gasteiger partial charge in [-0.1, -0.05) is 6.07 Å². The van der Waals surface area contributed by atoms with Crippen LogP contribution in [0.1, 0.15) is 47.1 Å². The molecule has 2 aliphatic rings. The fourth-order valence-electron chi connectivity index (χ4n) is 4.52. The van der Waals surface area contributed by atoms with Crippen molar-refractivity contribution in [2.45, 2.75) is 52.0 Å². The standard InChI is InChI=1S/C23H26F3N5O4/c1-2-35-22(34)20-17-14-29(8-5-18(17)31(28-20)9-6-23(24,25)26)21(33)16-10-19(32)30(13-16)12-15-4-3-7-27-11-15/h3-4,7,11,16H,2,5-6,8-10,12-14H2,1H3/t16-/m0/s1. The molecule has 188 valence electrons. The number of aromatic nitrogens is 3. The van der Waals surface area contributed by atoms with Crippen LogP contribution in [0, 0.1) is 5.92 Å². The second-order valence-corrected chi connectivity index (χ2v) is 8.63. The van der Waals surface area contributed by atoms with Crippen LogP contribution >= 0.6 is 0 Å². The highest BCUT2D eigenvalue weighted by Crippen LogP contribution is 2.29. The van der Waals surface area contributed by atoms with Gasteiger partial charge in [-0.15, -0.1) is 0 Å². The molecule has 0 aromatic carbocycles. The second kappa shape index (κ2) is 10.0. The zero-order valence-corrected chi connectivity index (χ0v) is 19.3. The Labute approximate surface area is 199 Å². The zero-order chi connectivity index (χ0) is 25.2. The van der Waals surface area contributed by atoms with Crippen molar-refractivity contribution >= 4 is 17.8 Å². The Hall–Kier alpha value is -3.44. The van der Waals surface area contributed by atoms with E-state index in [4.69, 9.17) is 4.74 Å². The fourth-order valence-corrected chi connectivity index (χ4v) is 4.52. The first-order chi connectivity index (χ1) is 16.7. The third-order valence-electron chi connectivity index (χ3n) is 6.18. The van der Waals surface area contributed by atoms with Crippen molar-refractivity contribution in [3.05, 3.63) is 47.0 Å². The van der Waals surface area contributed by atoms with Crippen LogP contribution in [-0.2, 0) is 40.4 Å². The summed E-state index contributed by atoms with van der Waals surface area (Å²) in [7, 11) is 0. The predicted octanol–water partition coefficient (Wildman–Crippen LogP) is 2.34. The minimum atomic E-state index is -4.36. The molecule has 0 spiro atoms. The Balaban J connectivity index is 1.48. The summed E-state index contributed by atoms with van der Waals surface area (Å²) >= 11 is 0. The van der Waals surface area contributed by atoms with E-state index in [1.807, 2.05) is 6.07 Å². The molecular formula is C23H26F3N5O4. The summed E-state index contributed by atoms with van der Waals surface area (Å²) in [6, 6.07) is 3.63. The van der Waals surface area contributed by atoms with E-state index in [9.17, 15) is 27.6 Å². The quantitative estimate of drug-likeness (QED) is 0.550. The van der Waals surface area contributed by atoms with Gasteiger partial charge in [-0.25, -0.2) is 4.79 Å². The highest BCUT2D eigenvalue weighted by molar-refractivity contribution is 5.91. The summed E-state index contributed by atoms with van der Waals surface area (Å²) < 4.78 is 44.6. The Morgan fingerprint density at radius 1 is 1.29 bits per heavy atom. The number of pyridine rings is 1. The Kier molecular flexibility index (Phi) is 7.08. The summed E-state index contributed by atoms with van der Waals surface area (Å²) in [5, 5.41) is 4.11. The van der Waals surface area contributed by atoms with Crippen molar-refractivity contribution in [2.24, 2.45) is 5.92 Å². The van der Waals surface area contributed by atoms with Gasteiger partial charge in [0.25, 0.3) is 0 Å². The van der Waals surface area contributed by atoms with Crippen molar-refractivity contribution in [3.63, 3.8) is 0 Å². The number of carbonyl (C=O) groups is 3. The lowest BCUT2D eigenvalue weighted by molar-refractivity contribution is -0.137.